The Morgan fingerprint density at radius 3 is 2.37 bits per heavy atom. The summed E-state index contributed by atoms with van der Waals surface area (Å²) in [7, 11) is 0. The molecule has 0 amide bonds. The van der Waals surface area contributed by atoms with E-state index in [1.54, 1.807) is 36.7 Å². The maximum Gasteiger partial charge on any atom is 0.159 e. The van der Waals surface area contributed by atoms with E-state index in [2.05, 4.69) is 9.97 Å². The molecule has 2 aromatic rings. The monoisotopic (exact) mass is 260 g/mol. The molecule has 0 saturated heterocycles. The number of halogens is 1. The fourth-order valence-corrected chi connectivity index (χ4v) is 1.77. The van der Waals surface area contributed by atoms with Gasteiger partial charge in [0.2, 0.25) is 0 Å². The third kappa shape index (κ3) is 3.74. The van der Waals surface area contributed by atoms with Gasteiger partial charge < -0.3 is 5.11 Å². The SMILES string of the molecule is CC[C@H](F)CCc1cnc(-c2ccc(O)cc2)nc1. The zero-order valence-corrected chi connectivity index (χ0v) is 10.9. The first-order valence-electron chi connectivity index (χ1n) is 6.43. The Kier molecular flexibility index (Phi) is 4.44. The number of aromatic hydroxyl groups is 1. The molecule has 4 heteroatoms. The second kappa shape index (κ2) is 6.27. The first-order chi connectivity index (χ1) is 9.19. The van der Waals surface area contributed by atoms with Gasteiger partial charge in [-0.3, -0.25) is 0 Å². The molecule has 100 valence electrons. The van der Waals surface area contributed by atoms with Crippen LogP contribution in [-0.2, 0) is 6.42 Å². The number of benzene rings is 1. The van der Waals surface area contributed by atoms with Crippen molar-refractivity contribution in [2.24, 2.45) is 0 Å². The zero-order chi connectivity index (χ0) is 13.7. The van der Waals surface area contributed by atoms with Crippen molar-refractivity contribution < 1.29 is 9.50 Å². The van der Waals surface area contributed by atoms with E-state index in [9.17, 15) is 9.50 Å². The van der Waals surface area contributed by atoms with Gasteiger partial charge in [-0.15, -0.1) is 0 Å². The highest BCUT2D eigenvalue weighted by molar-refractivity contribution is 5.55. The molecule has 1 aromatic heterocycles. The second-order valence-electron chi connectivity index (χ2n) is 4.51. The van der Waals surface area contributed by atoms with E-state index in [4.69, 9.17) is 0 Å². The predicted octanol–water partition coefficient (Wildman–Crippen LogP) is 3.53. The fourth-order valence-electron chi connectivity index (χ4n) is 1.77. The summed E-state index contributed by atoms with van der Waals surface area (Å²) in [5.74, 6) is 0.824. The molecule has 0 aliphatic rings. The van der Waals surface area contributed by atoms with E-state index in [1.807, 2.05) is 6.92 Å². The van der Waals surface area contributed by atoms with E-state index in [0.717, 1.165) is 11.1 Å². The maximum absolute atomic E-state index is 13.1. The first kappa shape index (κ1) is 13.5. The summed E-state index contributed by atoms with van der Waals surface area (Å²) in [6, 6.07) is 6.72. The summed E-state index contributed by atoms with van der Waals surface area (Å²) in [6.07, 6.45) is 4.43. The first-order valence-corrected chi connectivity index (χ1v) is 6.43. The molecule has 0 spiro atoms. The highest BCUT2D eigenvalue weighted by Gasteiger charge is 2.05. The highest BCUT2D eigenvalue weighted by Crippen LogP contribution is 2.18. The molecule has 1 atom stereocenters. The number of aryl methyl sites for hydroxylation is 1. The van der Waals surface area contributed by atoms with Crippen molar-refractivity contribution in [2.45, 2.75) is 32.4 Å². The lowest BCUT2D eigenvalue weighted by atomic mass is 10.1. The van der Waals surface area contributed by atoms with Crippen LogP contribution in [-0.4, -0.2) is 21.2 Å². The number of rotatable bonds is 5. The van der Waals surface area contributed by atoms with E-state index in [1.165, 1.54) is 0 Å². The van der Waals surface area contributed by atoms with E-state index in [0.29, 0.717) is 25.1 Å². The topological polar surface area (TPSA) is 46.0 Å². The van der Waals surface area contributed by atoms with Gasteiger partial charge >= 0.3 is 0 Å². The highest BCUT2D eigenvalue weighted by atomic mass is 19.1. The van der Waals surface area contributed by atoms with Crippen LogP contribution in [0.1, 0.15) is 25.3 Å². The number of phenols is 1. The van der Waals surface area contributed by atoms with Gasteiger partial charge in [0.05, 0.1) is 0 Å². The minimum atomic E-state index is -0.753. The summed E-state index contributed by atoms with van der Waals surface area (Å²) in [5.41, 5.74) is 1.79. The Hall–Kier alpha value is -1.97. The van der Waals surface area contributed by atoms with Crippen molar-refractivity contribution >= 4 is 0 Å². The molecule has 3 nitrogen and oxygen atoms in total. The lowest BCUT2D eigenvalue weighted by Gasteiger charge is -2.05. The standard InChI is InChI=1S/C15H17FN2O/c1-2-13(16)6-3-11-9-17-15(18-10-11)12-4-7-14(19)8-5-12/h4-5,7-10,13,19H,2-3,6H2,1H3/t13-/m0/s1. The van der Waals surface area contributed by atoms with Crippen LogP contribution in [0.5, 0.6) is 5.75 Å². The Bertz CT molecular complexity index is 511. The molecule has 0 aliphatic carbocycles. The molecule has 0 fully saturated rings. The van der Waals surface area contributed by atoms with Crippen molar-refractivity contribution in [2.75, 3.05) is 0 Å². The molecular formula is C15H17FN2O. The average molecular weight is 260 g/mol. The summed E-state index contributed by atoms with van der Waals surface area (Å²) in [6.45, 7) is 1.84. The molecule has 1 aromatic carbocycles. The molecule has 0 bridgehead atoms. The number of alkyl halides is 1. The Morgan fingerprint density at radius 1 is 1.16 bits per heavy atom. The van der Waals surface area contributed by atoms with Gasteiger partial charge in [0, 0.05) is 18.0 Å². The average Bonchev–Trinajstić information content (AvgIpc) is 2.46. The van der Waals surface area contributed by atoms with Crippen LogP contribution < -0.4 is 0 Å². The van der Waals surface area contributed by atoms with Gasteiger partial charge in [0.25, 0.3) is 0 Å². The minimum absolute atomic E-state index is 0.217. The quantitative estimate of drug-likeness (QED) is 0.894. The maximum atomic E-state index is 13.1. The molecule has 19 heavy (non-hydrogen) atoms. The van der Waals surface area contributed by atoms with Gasteiger partial charge in [-0.25, -0.2) is 14.4 Å². The largest absolute Gasteiger partial charge is 0.508 e. The molecule has 0 aliphatic heterocycles. The molecular weight excluding hydrogens is 243 g/mol. The van der Waals surface area contributed by atoms with Gasteiger partial charge in [-0.1, -0.05) is 6.92 Å². The smallest absolute Gasteiger partial charge is 0.159 e. The molecule has 1 N–H and O–H groups in total. The molecule has 1 heterocycles. The Balaban J connectivity index is 2.04. The normalized spacial score (nSPS) is 12.3. The van der Waals surface area contributed by atoms with Crippen molar-refractivity contribution in [3.05, 3.63) is 42.2 Å². The summed E-state index contributed by atoms with van der Waals surface area (Å²) in [5, 5.41) is 9.22. The lowest BCUT2D eigenvalue weighted by molar-refractivity contribution is 0.306. The predicted molar refractivity (Wildman–Crippen MR) is 72.6 cm³/mol. The van der Waals surface area contributed by atoms with Crippen LogP contribution >= 0.6 is 0 Å². The summed E-state index contributed by atoms with van der Waals surface area (Å²) in [4.78, 5) is 8.53. The number of phenolic OH excluding ortho intramolecular Hbond substituents is 1. The van der Waals surface area contributed by atoms with Crippen LogP contribution in [0.4, 0.5) is 4.39 Å². The lowest BCUT2D eigenvalue weighted by Crippen LogP contribution is -2.01. The second-order valence-corrected chi connectivity index (χ2v) is 4.51. The number of hydrogen-bond donors (Lipinski definition) is 1. The molecule has 0 unspecified atom stereocenters. The fraction of sp³-hybridized carbons (Fsp3) is 0.333. The van der Waals surface area contributed by atoms with Crippen LogP contribution in [0.15, 0.2) is 36.7 Å². The number of aromatic nitrogens is 2. The third-order valence-corrected chi connectivity index (χ3v) is 3.02. The van der Waals surface area contributed by atoms with Gasteiger partial charge in [0.15, 0.2) is 5.82 Å². The van der Waals surface area contributed by atoms with Crippen LogP contribution in [0.25, 0.3) is 11.4 Å². The van der Waals surface area contributed by atoms with Gasteiger partial charge in [-0.05, 0) is 49.1 Å². The van der Waals surface area contributed by atoms with Gasteiger partial charge in [0.1, 0.15) is 11.9 Å². The Morgan fingerprint density at radius 2 is 1.79 bits per heavy atom. The van der Waals surface area contributed by atoms with Crippen LogP contribution in [0.2, 0.25) is 0 Å². The molecule has 2 rings (SSSR count). The van der Waals surface area contributed by atoms with Crippen molar-refractivity contribution in [3.8, 4) is 17.1 Å². The number of nitrogens with zero attached hydrogens (tertiary/aromatic N) is 2. The minimum Gasteiger partial charge on any atom is -0.508 e. The van der Waals surface area contributed by atoms with E-state index >= 15 is 0 Å². The molecule has 0 saturated carbocycles. The van der Waals surface area contributed by atoms with E-state index in [-0.39, 0.29) is 5.75 Å². The summed E-state index contributed by atoms with van der Waals surface area (Å²) >= 11 is 0. The van der Waals surface area contributed by atoms with Crippen molar-refractivity contribution in [1.29, 1.82) is 0 Å². The van der Waals surface area contributed by atoms with E-state index < -0.39 is 6.17 Å². The molecule has 0 radical (unpaired) electrons. The van der Waals surface area contributed by atoms with Crippen LogP contribution in [0.3, 0.4) is 0 Å². The Labute approximate surface area is 112 Å². The van der Waals surface area contributed by atoms with Crippen LogP contribution in [0, 0.1) is 0 Å². The summed E-state index contributed by atoms with van der Waals surface area (Å²) < 4.78 is 13.1. The van der Waals surface area contributed by atoms with Crippen molar-refractivity contribution in [3.63, 3.8) is 0 Å². The zero-order valence-electron chi connectivity index (χ0n) is 10.9. The number of hydrogen-bond acceptors (Lipinski definition) is 3. The van der Waals surface area contributed by atoms with Crippen molar-refractivity contribution in [1.82, 2.24) is 9.97 Å². The third-order valence-electron chi connectivity index (χ3n) is 3.02. The van der Waals surface area contributed by atoms with Gasteiger partial charge in [-0.2, -0.15) is 0 Å².